The van der Waals surface area contributed by atoms with E-state index in [9.17, 15) is 4.79 Å². The Bertz CT molecular complexity index is 752. The molecule has 1 aromatic carbocycles. The van der Waals surface area contributed by atoms with Crippen LogP contribution in [0.3, 0.4) is 0 Å². The summed E-state index contributed by atoms with van der Waals surface area (Å²) in [5.74, 6) is 0.822. The number of aromatic nitrogens is 2. The third-order valence-corrected chi connectivity index (χ3v) is 4.08. The monoisotopic (exact) mass is 381 g/mol. The van der Waals surface area contributed by atoms with Gasteiger partial charge in [0, 0.05) is 18.3 Å². The molecule has 1 amide bonds. The minimum Gasteiger partial charge on any atom is -0.370 e. The second kappa shape index (κ2) is 8.99. The number of hydrogen-bond donors (Lipinski definition) is 2. The molecule has 0 radical (unpaired) electrons. The molecular weight excluding hydrogens is 361 g/mol. The van der Waals surface area contributed by atoms with Crippen molar-refractivity contribution in [2.45, 2.75) is 13.3 Å². The third kappa shape index (κ3) is 6.16. The first-order valence-corrected chi connectivity index (χ1v) is 8.61. The van der Waals surface area contributed by atoms with Crippen LogP contribution in [0.5, 0.6) is 0 Å². The molecule has 0 saturated heterocycles. The summed E-state index contributed by atoms with van der Waals surface area (Å²) in [5.41, 5.74) is 0.838. The molecule has 2 N–H and O–H groups in total. The Hall–Kier alpha value is -1.89. The molecule has 0 spiro atoms. The largest absolute Gasteiger partial charge is 0.370 e. The average Bonchev–Trinajstić information content (AvgIpc) is 2.54. The zero-order chi connectivity index (χ0) is 18.4. The SMILES string of the molecule is Cc1nc(NCCCN(C)C)cc(C(=O)Nc2ccc(Cl)c(Cl)c2)n1. The molecule has 0 aliphatic carbocycles. The molecule has 0 bridgehead atoms. The fourth-order valence-corrected chi connectivity index (χ4v) is 2.45. The summed E-state index contributed by atoms with van der Waals surface area (Å²) in [7, 11) is 4.06. The van der Waals surface area contributed by atoms with Crippen molar-refractivity contribution in [2.24, 2.45) is 0 Å². The van der Waals surface area contributed by atoms with E-state index >= 15 is 0 Å². The van der Waals surface area contributed by atoms with Gasteiger partial charge in [-0.15, -0.1) is 0 Å². The minimum atomic E-state index is -0.333. The molecule has 0 fully saturated rings. The summed E-state index contributed by atoms with van der Waals surface area (Å²) in [6, 6.07) is 6.54. The summed E-state index contributed by atoms with van der Waals surface area (Å²) < 4.78 is 0. The van der Waals surface area contributed by atoms with E-state index in [1.54, 1.807) is 31.2 Å². The van der Waals surface area contributed by atoms with Gasteiger partial charge in [0.2, 0.25) is 0 Å². The van der Waals surface area contributed by atoms with Crippen LogP contribution in [0.25, 0.3) is 0 Å². The number of halogens is 2. The van der Waals surface area contributed by atoms with Crippen LogP contribution in [0.2, 0.25) is 10.0 Å². The number of aryl methyl sites for hydroxylation is 1. The van der Waals surface area contributed by atoms with E-state index in [2.05, 4.69) is 25.5 Å². The van der Waals surface area contributed by atoms with Crippen molar-refractivity contribution < 1.29 is 4.79 Å². The highest BCUT2D eigenvalue weighted by atomic mass is 35.5. The molecular formula is C17H21Cl2N5O. The lowest BCUT2D eigenvalue weighted by Crippen LogP contribution is -2.18. The van der Waals surface area contributed by atoms with Gasteiger partial charge in [-0.3, -0.25) is 4.79 Å². The zero-order valence-electron chi connectivity index (χ0n) is 14.4. The zero-order valence-corrected chi connectivity index (χ0v) is 15.9. The van der Waals surface area contributed by atoms with Crippen molar-refractivity contribution in [3.05, 3.63) is 45.8 Å². The number of nitrogens with one attached hydrogen (secondary N) is 2. The number of benzene rings is 1. The normalized spacial score (nSPS) is 10.8. The van der Waals surface area contributed by atoms with Gasteiger partial charge in [0.1, 0.15) is 17.3 Å². The second-order valence-electron chi connectivity index (χ2n) is 5.85. The number of hydrogen-bond acceptors (Lipinski definition) is 5. The molecule has 1 heterocycles. The van der Waals surface area contributed by atoms with Gasteiger partial charge in [-0.25, -0.2) is 9.97 Å². The van der Waals surface area contributed by atoms with Crippen molar-refractivity contribution in [1.29, 1.82) is 0 Å². The Balaban J connectivity index is 2.04. The molecule has 134 valence electrons. The number of amides is 1. The molecule has 25 heavy (non-hydrogen) atoms. The fourth-order valence-electron chi connectivity index (χ4n) is 2.16. The van der Waals surface area contributed by atoms with Gasteiger partial charge in [-0.2, -0.15) is 0 Å². The molecule has 0 aliphatic rings. The Kier molecular flexibility index (Phi) is 6.99. The number of carbonyl (C=O) groups excluding carboxylic acids is 1. The van der Waals surface area contributed by atoms with E-state index in [0.29, 0.717) is 27.4 Å². The maximum Gasteiger partial charge on any atom is 0.274 e. The van der Waals surface area contributed by atoms with Crippen LogP contribution in [0.4, 0.5) is 11.5 Å². The van der Waals surface area contributed by atoms with Gasteiger partial charge < -0.3 is 15.5 Å². The highest BCUT2D eigenvalue weighted by Gasteiger charge is 2.11. The summed E-state index contributed by atoms with van der Waals surface area (Å²) in [6.07, 6.45) is 0.973. The topological polar surface area (TPSA) is 70.2 Å². The molecule has 8 heteroatoms. The maximum atomic E-state index is 12.4. The first-order valence-electron chi connectivity index (χ1n) is 7.86. The van der Waals surface area contributed by atoms with E-state index in [1.165, 1.54) is 0 Å². The number of carbonyl (C=O) groups is 1. The molecule has 2 rings (SSSR count). The van der Waals surface area contributed by atoms with Crippen LogP contribution < -0.4 is 10.6 Å². The van der Waals surface area contributed by atoms with E-state index in [-0.39, 0.29) is 11.6 Å². The van der Waals surface area contributed by atoms with Gasteiger partial charge in [0.15, 0.2) is 0 Å². The van der Waals surface area contributed by atoms with E-state index in [0.717, 1.165) is 19.5 Å². The second-order valence-corrected chi connectivity index (χ2v) is 6.67. The van der Waals surface area contributed by atoms with Crippen LogP contribution in [0.1, 0.15) is 22.7 Å². The van der Waals surface area contributed by atoms with Crippen LogP contribution in [0, 0.1) is 6.92 Å². The van der Waals surface area contributed by atoms with Crippen molar-refractivity contribution in [2.75, 3.05) is 37.8 Å². The van der Waals surface area contributed by atoms with Gasteiger partial charge >= 0.3 is 0 Å². The summed E-state index contributed by atoms with van der Waals surface area (Å²) in [6.45, 7) is 3.49. The smallest absolute Gasteiger partial charge is 0.274 e. The molecule has 0 atom stereocenters. The Labute approximate surface area is 157 Å². The molecule has 1 aromatic heterocycles. The van der Waals surface area contributed by atoms with Gasteiger partial charge in [0.05, 0.1) is 10.0 Å². The van der Waals surface area contributed by atoms with Crippen molar-refractivity contribution >= 4 is 40.6 Å². The van der Waals surface area contributed by atoms with Gasteiger partial charge in [0.25, 0.3) is 5.91 Å². The molecule has 0 unspecified atom stereocenters. The average molecular weight is 382 g/mol. The highest BCUT2D eigenvalue weighted by molar-refractivity contribution is 6.42. The number of anilines is 2. The Morgan fingerprint density at radius 2 is 1.92 bits per heavy atom. The molecule has 0 aliphatic heterocycles. The van der Waals surface area contributed by atoms with Gasteiger partial charge in [-0.05, 0) is 52.2 Å². The maximum absolute atomic E-state index is 12.4. The summed E-state index contributed by atoms with van der Waals surface area (Å²) in [5, 5.41) is 6.79. The van der Waals surface area contributed by atoms with Crippen molar-refractivity contribution in [3.63, 3.8) is 0 Å². The molecule has 2 aromatic rings. The lowest BCUT2D eigenvalue weighted by Gasteiger charge is -2.11. The quantitative estimate of drug-likeness (QED) is 0.715. The standard InChI is InChI=1S/C17H21Cl2N5O/c1-11-21-15(10-16(22-11)20-7-4-8-24(2)3)17(25)23-12-5-6-13(18)14(19)9-12/h5-6,9-10H,4,7-8H2,1-3H3,(H,23,25)(H,20,21,22). The van der Waals surface area contributed by atoms with Crippen LogP contribution in [-0.2, 0) is 0 Å². The minimum absolute atomic E-state index is 0.286. The number of nitrogens with zero attached hydrogens (tertiary/aromatic N) is 3. The van der Waals surface area contributed by atoms with E-state index in [1.807, 2.05) is 14.1 Å². The summed E-state index contributed by atoms with van der Waals surface area (Å²) in [4.78, 5) is 23.0. The third-order valence-electron chi connectivity index (χ3n) is 3.34. The molecule has 6 nitrogen and oxygen atoms in total. The Morgan fingerprint density at radius 1 is 1.16 bits per heavy atom. The Morgan fingerprint density at radius 3 is 2.60 bits per heavy atom. The van der Waals surface area contributed by atoms with E-state index < -0.39 is 0 Å². The summed E-state index contributed by atoms with van der Waals surface area (Å²) >= 11 is 11.8. The predicted molar refractivity (Wildman–Crippen MR) is 103 cm³/mol. The van der Waals surface area contributed by atoms with Gasteiger partial charge in [-0.1, -0.05) is 23.2 Å². The highest BCUT2D eigenvalue weighted by Crippen LogP contribution is 2.25. The lowest BCUT2D eigenvalue weighted by molar-refractivity contribution is 0.102. The van der Waals surface area contributed by atoms with Crippen molar-refractivity contribution in [3.8, 4) is 0 Å². The number of rotatable bonds is 7. The first kappa shape index (κ1) is 19.4. The van der Waals surface area contributed by atoms with Crippen LogP contribution >= 0.6 is 23.2 Å². The van der Waals surface area contributed by atoms with Crippen LogP contribution in [0.15, 0.2) is 24.3 Å². The predicted octanol–water partition coefficient (Wildman–Crippen LogP) is 3.71. The van der Waals surface area contributed by atoms with Crippen LogP contribution in [-0.4, -0.2) is 48.0 Å². The molecule has 0 saturated carbocycles. The first-order chi connectivity index (χ1) is 11.8. The van der Waals surface area contributed by atoms with Crippen molar-refractivity contribution in [1.82, 2.24) is 14.9 Å². The lowest BCUT2D eigenvalue weighted by atomic mass is 10.3. The van der Waals surface area contributed by atoms with E-state index in [4.69, 9.17) is 23.2 Å². The fraction of sp³-hybridized carbons (Fsp3) is 0.353.